The van der Waals surface area contributed by atoms with Gasteiger partial charge >= 0.3 is 0 Å². The predicted octanol–water partition coefficient (Wildman–Crippen LogP) is 5.32. The van der Waals surface area contributed by atoms with E-state index in [-0.39, 0.29) is 0 Å². The topological polar surface area (TPSA) is 24.9 Å². The summed E-state index contributed by atoms with van der Waals surface area (Å²) >= 11 is 1.78. The quantitative estimate of drug-likeness (QED) is 0.524. The standard InChI is InChI=1S/C16H30N2S/c1-3-5-6-7-8-9-10-11-15(18-12-4-2)16-13-17-14-19-16/h13-15,18H,3-12H2,1-2H3. The van der Waals surface area contributed by atoms with Gasteiger partial charge in [-0.2, -0.15) is 0 Å². The zero-order valence-electron chi connectivity index (χ0n) is 12.7. The number of rotatable bonds is 12. The molecule has 0 bridgehead atoms. The summed E-state index contributed by atoms with van der Waals surface area (Å²) in [7, 11) is 0. The van der Waals surface area contributed by atoms with Crippen molar-refractivity contribution in [3.63, 3.8) is 0 Å². The van der Waals surface area contributed by atoms with E-state index in [1.54, 1.807) is 11.3 Å². The lowest BCUT2D eigenvalue weighted by Crippen LogP contribution is -2.21. The van der Waals surface area contributed by atoms with Crippen molar-refractivity contribution in [3.05, 3.63) is 16.6 Å². The van der Waals surface area contributed by atoms with Crippen LogP contribution in [0.1, 0.15) is 82.6 Å². The number of aromatic nitrogens is 1. The van der Waals surface area contributed by atoms with Crippen molar-refractivity contribution in [1.82, 2.24) is 10.3 Å². The van der Waals surface area contributed by atoms with Crippen molar-refractivity contribution >= 4 is 11.3 Å². The number of hydrogen-bond donors (Lipinski definition) is 1. The summed E-state index contributed by atoms with van der Waals surface area (Å²) in [5, 5.41) is 3.65. The summed E-state index contributed by atoms with van der Waals surface area (Å²) in [4.78, 5) is 5.61. The van der Waals surface area contributed by atoms with Crippen molar-refractivity contribution in [2.24, 2.45) is 0 Å². The summed E-state index contributed by atoms with van der Waals surface area (Å²) in [5.74, 6) is 0. The van der Waals surface area contributed by atoms with Crippen LogP contribution in [0.5, 0.6) is 0 Å². The summed E-state index contributed by atoms with van der Waals surface area (Å²) < 4.78 is 0. The van der Waals surface area contributed by atoms with Crippen molar-refractivity contribution in [3.8, 4) is 0 Å². The van der Waals surface area contributed by atoms with Crippen LogP contribution in [0.4, 0.5) is 0 Å². The van der Waals surface area contributed by atoms with E-state index in [1.165, 1.54) is 62.7 Å². The first kappa shape index (κ1) is 16.6. The second kappa shape index (κ2) is 11.4. The Bertz CT molecular complexity index is 285. The molecule has 3 heteroatoms. The van der Waals surface area contributed by atoms with Crippen LogP contribution >= 0.6 is 11.3 Å². The van der Waals surface area contributed by atoms with Gasteiger partial charge in [-0.1, -0.05) is 58.8 Å². The molecule has 1 atom stereocenters. The summed E-state index contributed by atoms with van der Waals surface area (Å²) in [6.07, 6.45) is 14.2. The van der Waals surface area contributed by atoms with Crippen LogP contribution in [-0.2, 0) is 0 Å². The number of hydrogen-bond acceptors (Lipinski definition) is 3. The van der Waals surface area contributed by atoms with Crippen molar-refractivity contribution in [2.75, 3.05) is 6.54 Å². The van der Waals surface area contributed by atoms with Crippen molar-refractivity contribution in [2.45, 2.75) is 77.7 Å². The summed E-state index contributed by atoms with van der Waals surface area (Å²) in [6.45, 7) is 5.61. The molecular formula is C16H30N2S. The summed E-state index contributed by atoms with van der Waals surface area (Å²) in [6, 6.07) is 0.531. The maximum Gasteiger partial charge on any atom is 0.0794 e. The highest BCUT2D eigenvalue weighted by Crippen LogP contribution is 2.23. The number of thiazole rings is 1. The Balaban J connectivity index is 2.15. The first-order valence-corrected chi connectivity index (χ1v) is 8.88. The maximum absolute atomic E-state index is 4.21. The van der Waals surface area contributed by atoms with Crippen LogP contribution in [0, 0.1) is 0 Å². The van der Waals surface area contributed by atoms with E-state index in [1.807, 2.05) is 11.7 Å². The Morgan fingerprint density at radius 3 is 2.42 bits per heavy atom. The van der Waals surface area contributed by atoms with Gasteiger partial charge in [-0.25, -0.2) is 0 Å². The zero-order chi connectivity index (χ0) is 13.8. The molecule has 0 saturated heterocycles. The van der Waals surface area contributed by atoms with Gasteiger partial charge in [0.05, 0.1) is 5.51 Å². The van der Waals surface area contributed by atoms with Crippen LogP contribution in [0.15, 0.2) is 11.7 Å². The Kier molecular flexibility index (Phi) is 10.0. The van der Waals surface area contributed by atoms with Crippen LogP contribution < -0.4 is 5.32 Å². The molecule has 0 aliphatic rings. The minimum absolute atomic E-state index is 0.531. The van der Waals surface area contributed by atoms with Gasteiger partial charge in [-0.15, -0.1) is 11.3 Å². The lowest BCUT2D eigenvalue weighted by molar-refractivity contribution is 0.470. The van der Waals surface area contributed by atoms with Gasteiger partial charge < -0.3 is 5.32 Å². The average Bonchev–Trinajstić information content (AvgIpc) is 2.95. The van der Waals surface area contributed by atoms with Crippen LogP contribution in [0.3, 0.4) is 0 Å². The lowest BCUT2D eigenvalue weighted by atomic mass is 10.0. The largest absolute Gasteiger partial charge is 0.309 e. The number of nitrogens with zero attached hydrogens (tertiary/aromatic N) is 1. The maximum atomic E-state index is 4.21. The molecule has 1 aromatic heterocycles. The molecule has 1 rings (SSSR count). The number of nitrogens with one attached hydrogen (secondary N) is 1. The van der Waals surface area contributed by atoms with E-state index < -0.39 is 0 Å². The second-order valence-corrected chi connectivity index (χ2v) is 6.24. The Labute approximate surface area is 123 Å². The summed E-state index contributed by atoms with van der Waals surface area (Å²) in [5.41, 5.74) is 1.95. The van der Waals surface area contributed by atoms with Crippen molar-refractivity contribution in [1.29, 1.82) is 0 Å². The Hall–Kier alpha value is -0.410. The molecule has 0 aliphatic heterocycles. The van der Waals surface area contributed by atoms with Crippen molar-refractivity contribution < 1.29 is 0 Å². The minimum Gasteiger partial charge on any atom is -0.309 e. The third-order valence-electron chi connectivity index (χ3n) is 3.53. The number of unbranched alkanes of at least 4 members (excludes halogenated alkanes) is 6. The Morgan fingerprint density at radius 2 is 1.79 bits per heavy atom. The van der Waals surface area contributed by atoms with Gasteiger partial charge in [0, 0.05) is 17.1 Å². The molecule has 0 aliphatic carbocycles. The molecular weight excluding hydrogens is 252 g/mol. The van der Waals surface area contributed by atoms with E-state index in [9.17, 15) is 0 Å². The van der Waals surface area contributed by atoms with E-state index >= 15 is 0 Å². The van der Waals surface area contributed by atoms with Crippen LogP contribution in [-0.4, -0.2) is 11.5 Å². The Morgan fingerprint density at radius 1 is 1.05 bits per heavy atom. The SMILES string of the molecule is CCCCCCCCCC(NCCC)c1cncs1. The fraction of sp³-hybridized carbons (Fsp3) is 0.812. The fourth-order valence-corrected chi connectivity index (χ4v) is 3.10. The van der Waals surface area contributed by atoms with Gasteiger partial charge in [-0.05, 0) is 19.4 Å². The monoisotopic (exact) mass is 282 g/mol. The highest BCUT2D eigenvalue weighted by molar-refractivity contribution is 7.09. The molecule has 0 amide bonds. The van der Waals surface area contributed by atoms with Gasteiger partial charge in [0.15, 0.2) is 0 Å². The first-order chi connectivity index (χ1) is 9.38. The van der Waals surface area contributed by atoms with Gasteiger partial charge in [0.1, 0.15) is 0 Å². The van der Waals surface area contributed by atoms with Gasteiger partial charge in [0.25, 0.3) is 0 Å². The molecule has 0 fully saturated rings. The molecule has 0 radical (unpaired) electrons. The van der Waals surface area contributed by atoms with Crippen LogP contribution in [0.2, 0.25) is 0 Å². The lowest BCUT2D eigenvalue weighted by Gasteiger charge is -2.16. The normalized spacial score (nSPS) is 12.7. The third kappa shape index (κ3) is 7.68. The van der Waals surface area contributed by atoms with E-state index in [0.29, 0.717) is 6.04 Å². The first-order valence-electron chi connectivity index (χ1n) is 8.00. The molecule has 0 saturated carbocycles. The van der Waals surface area contributed by atoms with Crippen LogP contribution in [0.25, 0.3) is 0 Å². The molecule has 1 N–H and O–H groups in total. The predicted molar refractivity (Wildman–Crippen MR) is 85.8 cm³/mol. The van der Waals surface area contributed by atoms with E-state index in [2.05, 4.69) is 24.1 Å². The molecule has 1 unspecified atom stereocenters. The highest BCUT2D eigenvalue weighted by Gasteiger charge is 2.11. The molecule has 1 aromatic rings. The molecule has 0 aromatic carbocycles. The fourth-order valence-electron chi connectivity index (χ4n) is 2.37. The van der Waals surface area contributed by atoms with Gasteiger partial charge in [0.2, 0.25) is 0 Å². The smallest absolute Gasteiger partial charge is 0.0794 e. The molecule has 19 heavy (non-hydrogen) atoms. The minimum atomic E-state index is 0.531. The molecule has 1 heterocycles. The molecule has 2 nitrogen and oxygen atoms in total. The zero-order valence-corrected chi connectivity index (χ0v) is 13.5. The van der Waals surface area contributed by atoms with Gasteiger partial charge in [-0.3, -0.25) is 4.98 Å². The van der Waals surface area contributed by atoms with E-state index in [4.69, 9.17) is 0 Å². The highest BCUT2D eigenvalue weighted by atomic mass is 32.1. The molecule has 0 spiro atoms. The third-order valence-corrected chi connectivity index (χ3v) is 4.42. The van der Waals surface area contributed by atoms with E-state index in [0.717, 1.165) is 6.54 Å². The molecule has 110 valence electrons. The second-order valence-electron chi connectivity index (χ2n) is 5.32. The average molecular weight is 282 g/mol.